The number of sulfonamides is 1. The molecule has 2 heterocycles. The van der Waals surface area contributed by atoms with Crippen LogP contribution in [0.3, 0.4) is 0 Å². The lowest BCUT2D eigenvalue weighted by atomic mass is 9.92. The van der Waals surface area contributed by atoms with E-state index in [1.54, 1.807) is 6.08 Å². The molecule has 31 heavy (non-hydrogen) atoms. The van der Waals surface area contributed by atoms with Gasteiger partial charge in [-0.2, -0.15) is 0 Å². The molecular formula is C21H27N3O4S3. The van der Waals surface area contributed by atoms with Crippen LogP contribution in [0.2, 0.25) is 0 Å². The highest BCUT2D eigenvalue weighted by Crippen LogP contribution is 2.33. The summed E-state index contributed by atoms with van der Waals surface area (Å²) in [4.78, 5) is 28.4. The maximum atomic E-state index is 12.6. The second kappa shape index (κ2) is 10.1. The van der Waals surface area contributed by atoms with Crippen LogP contribution in [-0.4, -0.2) is 55.3 Å². The molecule has 0 spiro atoms. The van der Waals surface area contributed by atoms with Gasteiger partial charge >= 0.3 is 0 Å². The van der Waals surface area contributed by atoms with Crippen molar-refractivity contribution in [2.45, 2.75) is 32.6 Å². The average molecular weight is 482 g/mol. The van der Waals surface area contributed by atoms with Gasteiger partial charge in [-0.3, -0.25) is 19.2 Å². The molecule has 3 rings (SSSR count). The number of amides is 2. The normalized spacial score (nSPS) is 19.4. The highest BCUT2D eigenvalue weighted by Gasteiger charge is 2.33. The average Bonchev–Trinajstić information content (AvgIpc) is 2.95. The predicted octanol–water partition coefficient (Wildman–Crippen LogP) is 2.98. The van der Waals surface area contributed by atoms with Gasteiger partial charge in [0.25, 0.3) is 11.8 Å². The summed E-state index contributed by atoms with van der Waals surface area (Å²) in [5.74, 6) is -0.366. The number of nitrogens with zero attached hydrogens (tertiary/aromatic N) is 2. The fourth-order valence-electron chi connectivity index (χ4n) is 3.84. The molecule has 7 nitrogen and oxygen atoms in total. The third-order valence-corrected chi connectivity index (χ3v) is 7.32. The van der Waals surface area contributed by atoms with Crippen molar-refractivity contribution in [2.75, 3.05) is 30.8 Å². The molecule has 1 aromatic carbocycles. The quantitative estimate of drug-likeness (QED) is 0.473. The highest BCUT2D eigenvalue weighted by atomic mass is 32.2. The van der Waals surface area contributed by atoms with Gasteiger partial charge in [0.2, 0.25) is 10.0 Å². The molecule has 1 N–H and O–H groups in total. The number of thioether (sulfide) groups is 1. The lowest BCUT2D eigenvalue weighted by Gasteiger charge is -2.33. The van der Waals surface area contributed by atoms with Crippen molar-refractivity contribution in [3.05, 3.63) is 34.7 Å². The smallest absolute Gasteiger partial charge is 0.266 e. The van der Waals surface area contributed by atoms with Crippen LogP contribution in [0.1, 0.15) is 38.2 Å². The number of rotatable bonds is 7. The maximum Gasteiger partial charge on any atom is 0.266 e. The van der Waals surface area contributed by atoms with Crippen molar-refractivity contribution in [2.24, 2.45) is 5.92 Å². The number of hydrogen-bond donors (Lipinski definition) is 1. The number of carbonyl (C=O) groups excluding carboxylic acids is 2. The Balaban J connectivity index is 1.62. The van der Waals surface area contributed by atoms with E-state index < -0.39 is 28.4 Å². The van der Waals surface area contributed by atoms with Crippen molar-refractivity contribution in [1.29, 1.82) is 0 Å². The first-order chi connectivity index (χ1) is 14.7. The number of hydrogen-bond acceptors (Lipinski definition) is 7. The molecule has 1 aromatic rings. The molecule has 0 aromatic heterocycles. The number of thiocarbonyl (C=S) groups is 1. The Bertz CT molecular complexity index is 982. The third kappa shape index (κ3) is 6.54. The molecule has 168 valence electrons. The SMILES string of the molecule is CCCC1CCN(c2ccc(C=C3SC(=S)N(CC(=O)NS(C)(=O)=O)C3=O)cc2)CC1. The molecule has 2 saturated heterocycles. The van der Waals surface area contributed by atoms with Crippen molar-refractivity contribution in [3.8, 4) is 0 Å². The van der Waals surface area contributed by atoms with Gasteiger partial charge in [-0.15, -0.1) is 0 Å². The first-order valence-corrected chi connectivity index (χ1v) is 13.4. The molecule has 0 radical (unpaired) electrons. The first kappa shape index (κ1) is 23.7. The van der Waals surface area contributed by atoms with E-state index in [-0.39, 0.29) is 4.32 Å². The summed E-state index contributed by atoms with van der Waals surface area (Å²) in [7, 11) is -3.69. The monoisotopic (exact) mass is 481 g/mol. The molecule has 0 bridgehead atoms. The minimum absolute atomic E-state index is 0.228. The van der Waals surface area contributed by atoms with Gasteiger partial charge in [0.1, 0.15) is 10.9 Å². The topological polar surface area (TPSA) is 86.8 Å². The zero-order valence-electron chi connectivity index (χ0n) is 17.7. The minimum atomic E-state index is -3.69. The van der Waals surface area contributed by atoms with Crippen molar-refractivity contribution in [1.82, 2.24) is 9.62 Å². The molecular weight excluding hydrogens is 454 g/mol. The van der Waals surface area contributed by atoms with Crippen LogP contribution >= 0.6 is 24.0 Å². The molecule has 2 aliphatic rings. The Labute approximate surface area is 193 Å². The summed E-state index contributed by atoms with van der Waals surface area (Å²) >= 11 is 6.30. The van der Waals surface area contributed by atoms with Crippen LogP contribution in [0, 0.1) is 5.92 Å². The van der Waals surface area contributed by atoms with E-state index in [9.17, 15) is 18.0 Å². The zero-order valence-corrected chi connectivity index (χ0v) is 20.1. The van der Waals surface area contributed by atoms with E-state index in [1.165, 1.54) is 31.4 Å². The van der Waals surface area contributed by atoms with Crippen molar-refractivity contribution >= 4 is 61.9 Å². The fraction of sp³-hybridized carbons (Fsp3) is 0.476. The Morgan fingerprint density at radius 2 is 1.90 bits per heavy atom. The number of carbonyl (C=O) groups is 2. The largest absolute Gasteiger partial charge is 0.372 e. The molecule has 0 saturated carbocycles. The van der Waals surface area contributed by atoms with Crippen LogP contribution in [0.4, 0.5) is 5.69 Å². The Morgan fingerprint density at radius 1 is 1.26 bits per heavy atom. The Morgan fingerprint density at radius 3 is 2.48 bits per heavy atom. The van der Waals surface area contributed by atoms with Gasteiger partial charge in [0.15, 0.2) is 0 Å². The van der Waals surface area contributed by atoms with Gasteiger partial charge in [-0.1, -0.05) is 55.9 Å². The molecule has 0 unspecified atom stereocenters. The zero-order chi connectivity index (χ0) is 22.6. The van der Waals surface area contributed by atoms with Crippen LogP contribution < -0.4 is 9.62 Å². The molecule has 2 amide bonds. The molecule has 2 aliphatic heterocycles. The maximum absolute atomic E-state index is 12.6. The summed E-state index contributed by atoms with van der Waals surface area (Å²) in [6, 6.07) is 8.06. The second-order valence-corrected chi connectivity index (χ2v) is 11.3. The standard InChI is InChI=1S/C21H27N3O4S3/c1-3-4-15-9-11-23(12-10-15)17-7-5-16(6-8-17)13-18-20(26)24(21(29)30-18)14-19(25)22-31(2,27)28/h5-8,13,15H,3-4,9-12,14H2,1-2H3,(H,22,25). The lowest BCUT2D eigenvalue weighted by Crippen LogP contribution is -2.41. The summed E-state index contributed by atoms with van der Waals surface area (Å²) in [6.07, 6.45) is 7.63. The lowest BCUT2D eigenvalue weighted by molar-refractivity contribution is -0.127. The molecule has 0 atom stereocenters. The van der Waals surface area contributed by atoms with Crippen LogP contribution in [0.25, 0.3) is 6.08 Å². The van der Waals surface area contributed by atoms with Gasteiger partial charge in [-0.05, 0) is 42.5 Å². The van der Waals surface area contributed by atoms with Gasteiger partial charge < -0.3 is 4.90 Å². The Kier molecular flexibility index (Phi) is 7.77. The van der Waals surface area contributed by atoms with Crippen molar-refractivity contribution in [3.63, 3.8) is 0 Å². The molecule has 10 heteroatoms. The number of nitrogens with one attached hydrogen (secondary N) is 1. The van der Waals surface area contributed by atoms with Crippen LogP contribution in [0.5, 0.6) is 0 Å². The fourth-order valence-corrected chi connectivity index (χ4v) is 5.57. The summed E-state index contributed by atoms with van der Waals surface area (Å²) < 4.78 is 24.4. The number of anilines is 1. The number of piperidine rings is 1. The summed E-state index contributed by atoms with van der Waals surface area (Å²) in [5, 5.41) is 0. The van der Waals surface area contributed by atoms with Crippen LogP contribution in [-0.2, 0) is 19.6 Å². The second-order valence-electron chi connectivity index (χ2n) is 7.88. The van der Waals surface area contributed by atoms with E-state index in [2.05, 4.69) is 24.0 Å². The third-order valence-electron chi connectivity index (χ3n) is 5.34. The van der Waals surface area contributed by atoms with Gasteiger partial charge in [-0.25, -0.2) is 8.42 Å². The number of benzene rings is 1. The molecule has 0 aliphatic carbocycles. The Hall–Kier alpha value is -1.91. The highest BCUT2D eigenvalue weighted by molar-refractivity contribution is 8.26. The van der Waals surface area contributed by atoms with Crippen LogP contribution in [0.15, 0.2) is 29.2 Å². The van der Waals surface area contributed by atoms with Gasteiger partial charge in [0.05, 0.1) is 11.2 Å². The summed E-state index contributed by atoms with van der Waals surface area (Å²) in [5.41, 5.74) is 2.04. The first-order valence-electron chi connectivity index (χ1n) is 10.3. The van der Waals surface area contributed by atoms with Crippen molar-refractivity contribution < 1.29 is 18.0 Å². The van der Waals surface area contributed by atoms with E-state index in [0.29, 0.717) is 4.91 Å². The van der Waals surface area contributed by atoms with Gasteiger partial charge in [0, 0.05) is 18.8 Å². The van der Waals surface area contributed by atoms with E-state index in [4.69, 9.17) is 12.2 Å². The molecule has 2 fully saturated rings. The van der Waals surface area contributed by atoms with E-state index >= 15 is 0 Å². The predicted molar refractivity (Wildman–Crippen MR) is 129 cm³/mol. The minimum Gasteiger partial charge on any atom is -0.372 e. The summed E-state index contributed by atoms with van der Waals surface area (Å²) in [6.45, 7) is 3.95. The van der Waals surface area contributed by atoms with E-state index in [1.807, 2.05) is 16.9 Å². The van der Waals surface area contributed by atoms with E-state index in [0.717, 1.165) is 47.5 Å².